The van der Waals surface area contributed by atoms with E-state index in [2.05, 4.69) is 27.6 Å². The van der Waals surface area contributed by atoms with Gasteiger partial charge in [0.1, 0.15) is 19.0 Å². The molecule has 2 heterocycles. The zero-order valence-electron chi connectivity index (χ0n) is 18.1. The molecule has 0 unspecified atom stereocenters. The minimum atomic E-state index is -0.212. The standard InChI is InChI=1S/C25H21ClN4O3S/c26-19-14-21-22(33-12-11-32-21)15-20(19)27-24(31)16-34-25-29-28-23(13-17-7-3-1-4-8-17)30(25)18-9-5-2-6-10-18/h1-10,14-15H,11-13,16H2,(H,27,31). The van der Waals surface area contributed by atoms with Gasteiger partial charge in [0.25, 0.3) is 0 Å². The number of hydrogen-bond donors (Lipinski definition) is 1. The predicted molar refractivity (Wildman–Crippen MR) is 132 cm³/mol. The summed E-state index contributed by atoms with van der Waals surface area (Å²) in [6, 6.07) is 23.3. The van der Waals surface area contributed by atoms with Crippen molar-refractivity contribution in [2.75, 3.05) is 24.3 Å². The number of thioether (sulfide) groups is 1. The van der Waals surface area contributed by atoms with Gasteiger partial charge in [-0.05, 0) is 17.7 Å². The van der Waals surface area contributed by atoms with Crippen molar-refractivity contribution in [3.8, 4) is 17.2 Å². The second-order valence-electron chi connectivity index (χ2n) is 7.54. The number of halogens is 1. The molecule has 0 saturated heterocycles. The average molecular weight is 493 g/mol. The molecule has 9 heteroatoms. The highest BCUT2D eigenvalue weighted by molar-refractivity contribution is 7.99. The maximum Gasteiger partial charge on any atom is 0.234 e. The summed E-state index contributed by atoms with van der Waals surface area (Å²) in [5, 5.41) is 12.7. The van der Waals surface area contributed by atoms with Gasteiger partial charge < -0.3 is 14.8 Å². The van der Waals surface area contributed by atoms with Gasteiger partial charge in [0.05, 0.1) is 16.5 Å². The molecule has 0 atom stereocenters. The molecule has 4 aromatic rings. The first-order valence-electron chi connectivity index (χ1n) is 10.7. The molecule has 0 aliphatic carbocycles. The number of carbonyl (C=O) groups excluding carboxylic acids is 1. The van der Waals surface area contributed by atoms with Crippen LogP contribution in [-0.4, -0.2) is 39.6 Å². The van der Waals surface area contributed by atoms with Gasteiger partial charge in [-0.25, -0.2) is 0 Å². The highest BCUT2D eigenvalue weighted by atomic mass is 35.5. The van der Waals surface area contributed by atoms with Crippen LogP contribution in [0.1, 0.15) is 11.4 Å². The number of amides is 1. The molecule has 3 aromatic carbocycles. The molecule has 5 rings (SSSR count). The van der Waals surface area contributed by atoms with E-state index in [1.807, 2.05) is 53.1 Å². The van der Waals surface area contributed by atoms with Crippen LogP contribution in [0, 0.1) is 0 Å². The zero-order chi connectivity index (χ0) is 23.3. The van der Waals surface area contributed by atoms with Crippen molar-refractivity contribution in [2.24, 2.45) is 0 Å². The van der Waals surface area contributed by atoms with Gasteiger partial charge >= 0.3 is 0 Å². The molecule has 1 amide bonds. The smallest absolute Gasteiger partial charge is 0.234 e. The highest BCUT2D eigenvalue weighted by Gasteiger charge is 2.19. The molecule has 0 bridgehead atoms. The van der Waals surface area contributed by atoms with E-state index in [4.69, 9.17) is 21.1 Å². The summed E-state index contributed by atoms with van der Waals surface area (Å²) in [4.78, 5) is 12.7. The van der Waals surface area contributed by atoms with Gasteiger partial charge in [0.15, 0.2) is 16.7 Å². The van der Waals surface area contributed by atoms with Crippen LogP contribution in [0.15, 0.2) is 78.0 Å². The highest BCUT2D eigenvalue weighted by Crippen LogP contribution is 2.38. The van der Waals surface area contributed by atoms with E-state index in [1.165, 1.54) is 11.8 Å². The van der Waals surface area contributed by atoms with E-state index >= 15 is 0 Å². The summed E-state index contributed by atoms with van der Waals surface area (Å²) >= 11 is 7.64. The largest absolute Gasteiger partial charge is 0.486 e. The molecule has 1 aromatic heterocycles. The Hall–Kier alpha value is -3.49. The number of aromatic nitrogens is 3. The summed E-state index contributed by atoms with van der Waals surface area (Å²) < 4.78 is 13.1. The van der Waals surface area contributed by atoms with E-state index < -0.39 is 0 Å². The maximum absolute atomic E-state index is 12.7. The average Bonchev–Trinajstić information content (AvgIpc) is 3.26. The first kappa shape index (κ1) is 22.3. The molecule has 1 aliphatic heterocycles. The first-order chi connectivity index (χ1) is 16.7. The molecule has 0 saturated carbocycles. The van der Waals surface area contributed by atoms with Crippen molar-refractivity contribution < 1.29 is 14.3 Å². The van der Waals surface area contributed by atoms with Crippen LogP contribution in [0.3, 0.4) is 0 Å². The second-order valence-corrected chi connectivity index (χ2v) is 8.89. The molecule has 0 spiro atoms. The zero-order valence-corrected chi connectivity index (χ0v) is 19.7. The number of rotatable bonds is 7. The monoisotopic (exact) mass is 492 g/mol. The van der Waals surface area contributed by atoms with Crippen molar-refractivity contribution in [2.45, 2.75) is 11.6 Å². The maximum atomic E-state index is 12.7. The number of anilines is 1. The van der Waals surface area contributed by atoms with E-state index in [1.54, 1.807) is 12.1 Å². The number of carbonyl (C=O) groups is 1. The molecule has 0 fully saturated rings. The van der Waals surface area contributed by atoms with Gasteiger partial charge in [-0.1, -0.05) is 71.9 Å². The van der Waals surface area contributed by atoms with E-state index in [-0.39, 0.29) is 11.7 Å². The molecule has 172 valence electrons. The number of ether oxygens (including phenoxy) is 2. The van der Waals surface area contributed by atoms with Crippen molar-refractivity contribution in [3.63, 3.8) is 0 Å². The summed E-state index contributed by atoms with van der Waals surface area (Å²) in [6.07, 6.45) is 0.627. The lowest BCUT2D eigenvalue weighted by Crippen LogP contribution is -2.17. The van der Waals surface area contributed by atoms with Crippen LogP contribution < -0.4 is 14.8 Å². The van der Waals surface area contributed by atoms with Gasteiger partial charge in [-0.3, -0.25) is 9.36 Å². The van der Waals surface area contributed by atoms with Crippen molar-refractivity contribution in [3.05, 3.63) is 89.2 Å². The van der Waals surface area contributed by atoms with Crippen LogP contribution in [0.5, 0.6) is 11.5 Å². The Bertz CT molecular complexity index is 1300. The Morgan fingerprint density at radius 1 is 0.971 bits per heavy atom. The SMILES string of the molecule is O=C(CSc1nnc(Cc2ccccc2)n1-c1ccccc1)Nc1cc2c(cc1Cl)OCCO2. The molecular formula is C25H21ClN4O3S. The number of para-hydroxylation sites is 1. The Kier molecular flexibility index (Phi) is 6.69. The molecule has 7 nitrogen and oxygen atoms in total. The Morgan fingerprint density at radius 3 is 2.38 bits per heavy atom. The fraction of sp³-hybridized carbons (Fsp3) is 0.160. The fourth-order valence-corrected chi connectivity index (χ4v) is 4.57. The third-order valence-electron chi connectivity index (χ3n) is 5.16. The number of fused-ring (bicyclic) bond motifs is 1. The number of benzene rings is 3. The van der Waals surface area contributed by atoms with Gasteiger partial charge in [0, 0.05) is 24.2 Å². The molecular weight excluding hydrogens is 472 g/mol. The third-order valence-corrected chi connectivity index (χ3v) is 6.40. The topological polar surface area (TPSA) is 78.3 Å². The lowest BCUT2D eigenvalue weighted by atomic mass is 10.1. The van der Waals surface area contributed by atoms with Gasteiger partial charge in [0.2, 0.25) is 5.91 Å². The van der Waals surface area contributed by atoms with Crippen molar-refractivity contribution in [1.29, 1.82) is 0 Å². The normalized spacial score (nSPS) is 12.4. The number of nitrogens with one attached hydrogen (secondary N) is 1. The number of hydrogen-bond acceptors (Lipinski definition) is 6. The molecule has 1 aliphatic rings. The van der Waals surface area contributed by atoms with Crippen molar-refractivity contribution >= 4 is 35.0 Å². The quantitative estimate of drug-likeness (QED) is 0.365. The third kappa shape index (κ3) is 5.03. The molecule has 1 N–H and O–H groups in total. The Morgan fingerprint density at radius 2 is 1.65 bits per heavy atom. The first-order valence-corrected chi connectivity index (χ1v) is 12.1. The van der Waals surface area contributed by atoms with Crippen LogP contribution in [-0.2, 0) is 11.2 Å². The summed E-state index contributed by atoms with van der Waals surface area (Å²) in [5.74, 6) is 1.87. The summed E-state index contributed by atoms with van der Waals surface area (Å²) in [5.41, 5.74) is 2.55. The Labute approximate surface area is 206 Å². The van der Waals surface area contributed by atoms with Gasteiger partial charge in [-0.15, -0.1) is 10.2 Å². The van der Waals surface area contributed by atoms with Crippen LogP contribution in [0.4, 0.5) is 5.69 Å². The minimum absolute atomic E-state index is 0.140. The van der Waals surface area contributed by atoms with Crippen molar-refractivity contribution in [1.82, 2.24) is 14.8 Å². The summed E-state index contributed by atoms with van der Waals surface area (Å²) in [7, 11) is 0. The predicted octanol–water partition coefficient (Wildman–Crippen LogP) is 5.01. The lowest BCUT2D eigenvalue weighted by molar-refractivity contribution is -0.113. The van der Waals surface area contributed by atoms with Crippen LogP contribution >= 0.6 is 23.4 Å². The van der Waals surface area contributed by atoms with E-state index in [9.17, 15) is 4.79 Å². The fourth-order valence-electron chi connectivity index (χ4n) is 3.60. The minimum Gasteiger partial charge on any atom is -0.486 e. The molecule has 34 heavy (non-hydrogen) atoms. The van der Waals surface area contributed by atoms with Crippen LogP contribution in [0.25, 0.3) is 5.69 Å². The van der Waals surface area contributed by atoms with Crippen LogP contribution in [0.2, 0.25) is 5.02 Å². The summed E-state index contributed by atoms with van der Waals surface area (Å²) in [6.45, 7) is 0.929. The van der Waals surface area contributed by atoms with E-state index in [0.29, 0.717) is 47.0 Å². The van der Waals surface area contributed by atoms with E-state index in [0.717, 1.165) is 17.1 Å². The number of nitrogens with zero attached hydrogens (tertiary/aromatic N) is 3. The second kappa shape index (κ2) is 10.2. The molecule has 0 radical (unpaired) electrons. The Balaban J connectivity index is 1.33. The van der Waals surface area contributed by atoms with Gasteiger partial charge in [-0.2, -0.15) is 0 Å². The lowest BCUT2D eigenvalue weighted by Gasteiger charge is -2.20.